The van der Waals surface area contributed by atoms with E-state index in [1.165, 1.54) is 21.5 Å². The van der Waals surface area contributed by atoms with E-state index in [2.05, 4.69) is 0 Å². The van der Waals surface area contributed by atoms with Gasteiger partial charge in [0.15, 0.2) is 0 Å². The van der Waals surface area contributed by atoms with Gasteiger partial charge in [0, 0.05) is 26.2 Å². The fourth-order valence-electron chi connectivity index (χ4n) is 3.35. The Hall–Kier alpha value is -0.660. The molecule has 1 N–H and O–H groups in total. The van der Waals surface area contributed by atoms with Crippen LogP contribution in [0.1, 0.15) is 51.4 Å². The molecule has 0 aromatic rings. The zero-order valence-corrected chi connectivity index (χ0v) is 13.5. The van der Waals surface area contributed by atoms with Crippen LogP contribution in [0.5, 0.6) is 0 Å². The van der Waals surface area contributed by atoms with Gasteiger partial charge in [0.2, 0.25) is 0 Å². The smallest absolute Gasteiger partial charge is 0.307 e. The van der Waals surface area contributed by atoms with Crippen molar-refractivity contribution in [2.24, 2.45) is 5.92 Å². The van der Waals surface area contributed by atoms with E-state index in [0.29, 0.717) is 19.4 Å². The van der Waals surface area contributed by atoms with Crippen molar-refractivity contribution in [2.45, 2.75) is 57.4 Å². The standard InChI is InChI=1S/C14H26N2O4S/c1-15(13-8-4-2-3-5-9-13)21(19,20)16-10-6-7-12(11-16)14(17)18/h12-13H,2-11H2,1H3,(H,17,18). The third-order valence-electron chi connectivity index (χ3n) is 4.76. The number of aliphatic carboxylic acids is 1. The van der Waals surface area contributed by atoms with Crippen LogP contribution in [-0.4, -0.2) is 54.3 Å². The Bertz CT molecular complexity index is 458. The summed E-state index contributed by atoms with van der Waals surface area (Å²) in [5.41, 5.74) is 0. The number of carboxylic acid groups (broad SMARTS) is 1. The van der Waals surface area contributed by atoms with Gasteiger partial charge >= 0.3 is 5.97 Å². The number of carbonyl (C=O) groups is 1. The molecule has 1 aliphatic carbocycles. The second kappa shape index (κ2) is 7.07. The van der Waals surface area contributed by atoms with Crippen molar-refractivity contribution in [1.29, 1.82) is 0 Å². The molecule has 0 amide bonds. The lowest BCUT2D eigenvalue weighted by molar-refractivity contribution is -0.142. The predicted molar refractivity (Wildman–Crippen MR) is 80.1 cm³/mol. The first-order valence-corrected chi connectivity index (χ1v) is 9.28. The van der Waals surface area contributed by atoms with Gasteiger partial charge in [-0.05, 0) is 25.7 Å². The zero-order chi connectivity index (χ0) is 15.5. The summed E-state index contributed by atoms with van der Waals surface area (Å²) in [6.07, 6.45) is 7.50. The predicted octanol–water partition coefficient (Wildman–Crippen LogP) is 1.68. The molecule has 21 heavy (non-hydrogen) atoms. The van der Waals surface area contributed by atoms with Crippen LogP contribution in [0.2, 0.25) is 0 Å². The van der Waals surface area contributed by atoms with Crippen LogP contribution in [0.15, 0.2) is 0 Å². The molecule has 1 saturated heterocycles. The Morgan fingerprint density at radius 1 is 1.10 bits per heavy atom. The van der Waals surface area contributed by atoms with Gasteiger partial charge in [0.25, 0.3) is 10.2 Å². The molecular formula is C14H26N2O4S. The fourth-order valence-corrected chi connectivity index (χ4v) is 5.03. The quantitative estimate of drug-likeness (QED) is 0.800. The molecule has 2 aliphatic rings. The number of piperidine rings is 1. The zero-order valence-electron chi connectivity index (χ0n) is 12.7. The van der Waals surface area contributed by atoms with Crippen molar-refractivity contribution in [2.75, 3.05) is 20.1 Å². The Kier molecular flexibility index (Phi) is 5.62. The third-order valence-corrected chi connectivity index (χ3v) is 6.77. The van der Waals surface area contributed by atoms with E-state index in [1.807, 2.05) is 0 Å². The molecule has 2 rings (SSSR count). The van der Waals surface area contributed by atoms with Gasteiger partial charge in [0.1, 0.15) is 0 Å². The molecule has 6 nitrogen and oxygen atoms in total. The van der Waals surface area contributed by atoms with Gasteiger partial charge in [-0.1, -0.05) is 25.7 Å². The molecule has 1 aliphatic heterocycles. The number of nitrogens with zero attached hydrogens (tertiary/aromatic N) is 2. The highest BCUT2D eigenvalue weighted by Gasteiger charge is 2.36. The minimum Gasteiger partial charge on any atom is -0.481 e. The molecular weight excluding hydrogens is 292 g/mol. The van der Waals surface area contributed by atoms with Gasteiger partial charge in [-0.3, -0.25) is 4.79 Å². The van der Waals surface area contributed by atoms with Crippen LogP contribution in [0.25, 0.3) is 0 Å². The summed E-state index contributed by atoms with van der Waals surface area (Å²) in [5.74, 6) is -1.47. The number of hydrogen-bond acceptors (Lipinski definition) is 3. The maximum atomic E-state index is 12.7. The molecule has 0 aromatic heterocycles. The van der Waals surface area contributed by atoms with Crippen molar-refractivity contribution in [3.63, 3.8) is 0 Å². The highest BCUT2D eigenvalue weighted by Crippen LogP contribution is 2.26. The molecule has 1 atom stereocenters. The lowest BCUT2D eigenvalue weighted by Gasteiger charge is -2.35. The fraction of sp³-hybridized carbons (Fsp3) is 0.929. The molecule has 0 spiro atoms. The van der Waals surface area contributed by atoms with Crippen LogP contribution in [-0.2, 0) is 15.0 Å². The first-order valence-electron chi connectivity index (χ1n) is 7.89. The topological polar surface area (TPSA) is 77.9 Å². The molecule has 0 radical (unpaired) electrons. The summed E-state index contributed by atoms with van der Waals surface area (Å²) in [6.45, 7) is 0.540. The SMILES string of the molecule is CN(C1CCCCCC1)S(=O)(=O)N1CCCC(C(=O)O)C1. The van der Waals surface area contributed by atoms with Crippen LogP contribution in [0.4, 0.5) is 0 Å². The van der Waals surface area contributed by atoms with Crippen LogP contribution < -0.4 is 0 Å². The van der Waals surface area contributed by atoms with Crippen molar-refractivity contribution in [3.8, 4) is 0 Å². The van der Waals surface area contributed by atoms with Crippen LogP contribution in [0.3, 0.4) is 0 Å². The van der Waals surface area contributed by atoms with Gasteiger partial charge in [0.05, 0.1) is 5.92 Å². The first kappa shape index (κ1) is 16.7. The summed E-state index contributed by atoms with van der Waals surface area (Å²) < 4.78 is 28.3. The average molecular weight is 318 g/mol. The number of hydrogen-bond donors (Lipinski definition) is 1. The van der Waals surface area contributed by atoms with E-state index >= 15 is 0 Å². The Morgan fingerprint density at radius 2 is 1.71 bits per heavy atom. The second-order valence-corrected chi connectivity index (χ2v) is 8.19. The van der Waals surface area contributed by atoms with Gasteiger partial charge < -0.3 is 5.11 Å². The number of rotatable bonds is 4. The van der Waals surface area contributed by atoms with Crippen molar-refractivity contribution >= 4 is 16.2 Å². The summed E-state index contributed by atoms with van der Waals surface area (Å²) >= 11 is 0. The maximum Gasteiger partial charge on any atom is 0.307 e. The summed E-state index contributed by atoms with van der Waals surface area (Å²) in [6, 6.07) is 0.0581. The molecule has 1 heterocycles. The minimum atomic E-state index is -3.54. The molecule has 1 saturated carbocycles. The Balaban J connectivity index is 2.06. The summed E-state index contributed by atoms with van der Waals surface area (Å²) in [4.78, 5) is 11.1. The Morgan fingerprint density at radius 3 is 2.29 bits per heavy atom. The van der Waals surface area contributed by atoms with E-state index in [1.54, 1.807) is 7.05 Å². The van der Waals surface area contributed by atoms with Crippen molar-refractivity contribution in [1.82, 2.24) is 8.61 Å². The van der Waals surface area contributed by atoms with E-state index in [-0.39, 0.29) is 12.6 Å². The highest BCUT2D eigenvalue weighted by molar-refractivity contribution is 7.86. The van der Waals surface area contributed by atoms with E-state index in [9.17, 15) is 13.2 Å². The van der Waals surface area contributed by atoms with Gasteiger partial charge in [-0.25, -0.2) is 0 Å². The lowest BCUT2D eigenvalue weighted by atomic mass is 10.0. The monoisotopic (exact) mass is 318 g/mol. The van der Waals surface area contributed by atoms with Gasteiger partial charge in [-0.2, -0.15) is 17.0 Å². The lowest BCUT2D eigenvalue weighted by Crippen LogP contribution is -2.50. The Labute approximate surface area is 127 Å². The molecule has 7 heteroatoms. The van der Waals surface area contributed by atoms with Crippen LogP contribution in [0, 0.1) is 5.92 Å². The molecule has 2 fully saturated rings. The normalized spacial score (nSPS) is 26.7. The highest BCUT2D eigenvalue weighted by atomic mass is 32.2. The molecule has 0 bridgehead atoms. The maximum absolute atomic E-state index is 12.7. The molecule has 122 valence electrons. The second-order valence-electron chi connectivity index (χ2n) is 6.20. The average Bonchev–Trinajstić information content (AvgIpc) is 2.75. The van der Waals surface area contributed by atoms with Crippen LogP contribution >= 0.6 is 0 Å². The molecule has 1 unspecified atom stereocenters. The van der Waals surface area contributed by atoms with E-state index in [4.69, 9.17) is 5.11 Å². The largest absolute Gasteiger partial charge is 0.481 e. The van der Waals surface area contributed by atoms with Crippen molar-refractivity contribution in [3.05, 3.63) is 0 Å². The van der Waals surface area contributed by atoms with E-state index < -0.39 is 22.1 Å². The third kappa shape index (κ3) is 3.96. The van der Waals surface area contributed by atoms with E-state index in [0.717, 1.165) is 25.7 Å². The summed E-state index contributed by atoms with van der Waals surface area (Å²) in [5, 5.41) is 9.11. The van der Waals surface area contributed by atoms with Gasteiger partial charge in [-0.15, -0.1) is 0 Å². The number of carboxylic acids is 1. The minimum absolute atomic E-state index is 0.0581. The van der Waals surface area contributed by atoms with Crippen molar-refractivity contribution < 1.29 is 18.3 Å². The summed E-state index contributed by atoms with van der Waals surface area (Å²) in [7, 11) is -1.89. The first-order chi connectivity index (χ1) is 9.93. The molecule has 0 aromatic carbocycles.